The van der Waals surface area contributed by atoms with Gasteiger partial charge in [0.25, 0.3) is 0 Å². The molecule has 96 valence electrons. The molecule has 0 aliphatic heterocycles. The summed E-state index contributed by atoms with van der Waals surface area (Å²) >= 11 is 0. The van der Waals surface area contributed by atoms with E-state index >= 15 is 0 Å². The maximum atomic E-state index is 6.09. The molecule has 0 unspecified atom stereocenters. The van der Waals surface area contributed by atoms with Crippen LogP contribution in [0.1, 0.15) is 36.2 Å². The molecule has 0 amide bonds. The average molecular weight is 242 g/mol. The summed E-state index contributed by atoms with van der Waals surface area (Å²) in [4.78, 5) is 4.80. The molecular weight excluding hydrogens is 220 g/mol. The van der Waals surface area contributed by atoms with E-state index in [4.69, 9.17) is 10.7 Å². The maximum Gasteiger partial charge on any atom is 0.0739 e. The first kappa shape index (κ1) is 13.0. The Bertz CT molecular complexity index is 592. The minimum Gasteiger partial charge on any atom is -0.325 e. The van der Waals surface area contributed by atoms with Crippen molar-refractivity contribution in [2.24, 2.45) is 5.73 Å². The van der Waals surface area contributed by atoms with E-state index in [1.807, 2.05) is 13.8 Å². The summed E-state index contributed by atoms with van der Waals surface area (Å²) in [5.41, 5.74) is 11.9. The molecule has 0 fully saturated rings. The van der Waals surface area contributed by atoms with E-state index in [0.717, 1.165) is 17.6 Å². The molecule has 2 nitrogen and oxygen atoms in total. The first-order valence-corrected chi connectivity index (χ1v) is 6.43. The van der Waals surface area contributed by atoms with Gasteiger partial charge in [-0.05, 0) is 57.4 Å². The van der Waals surface area contributed by atoms with Gasteiger partial charge in [0.05, 0.1) is 5.52 Å². The molecule has 0 atom stereocenters. The molecule has 2 N–H and O–H groups in total. The van der Waals surface area contributed by atoms with Crippen molar-refractivity contribution in [2.45, 2.75) is 46.6 Å². The largest absolute Gasteiger partial charge is 0.325 e. The third-order valence-electron chi connectivity index (χ3n) is 3.26. The molecule has 1 aromatic heterocycles. The smallest absolute Gasteiger partial charge is 0.0739 e. The minimum absolute atomic E-state index is 0.217. The number of nitrogens with two attached hydrogens (primary N) is 1. The third-order valence-corrected chi connectivity index (χ3v) is 3.26. The van der Waals surface area contributed by atoms with Gasteiger partial charge in [0.15, 0.2) is 0 Å². The SMILES string of the molecule is Cc1ccc(C)c2c(C)cc(CC(C)(C)N)nc12. The van der Waals surface area contributed by atoms with Gasteiger partial charge in [-0.2, -0.15) is 0 Å². The molecular formula is C16H22N2. The van der Waals surface area contributed by atoms with E-state index < -0.39 is 0 Å². The second-order valence-corrected chi connectivity index (χ2v) is 6.02. The fourth-order valence-electron chi connectivity index (χ4n) is 2.49. The molecule has 0 spiro atoms. The first-order valence-electron chi connectivity index (χ1n) is 6.43. The predicted octanol–water partition coefficient (Wildman–Crippen LogP) is 3.44. The Morgan fingerprint density at radius 2 is 1.67 bits per heavy atom. The molecule has 2 aromatic rings. The van der Waals surface area contributed by atoms with Crippen molar-refractivity contribution in [3.05, 3.63) is 40.6 Å². The van der Waals surface area contributed by atoms with Crippen molar-refractivity contribution in [3.8, 4) is 0 Å². The lowest BCUT2D eigenvalue weighted by atomic mass is 9.96. The molecule has 0 radical (unpaired) electrons. The Morgan fingerprint density at radius 3 is 2.28 bits per heavy atom. The Morgan fingerprint density at radius 1 is 1.06 bits per heavy atom. The van der Waals surface area contributed by atoms with Gasteiger partial charge in [-0.3, -0.25) is 4.98 Å². The number of aryl methyl sites for hydroxylation is 3. The van der Waals surface area contributed by atoms with E-state index in [0.29, 0.717) is 0 Å². The topological polar surface area (TPSA) is 38.9 Å². The summed E-state index contributed by atoms with van der Waals surface area (Å²) in [7, 11) is 0. The van der Waals surface area contributed by atoms with Crippen LogP contribution in [0, 0.1) is 20.8 Å². The van der Waals surface area contributed by atoms with Crippen molar-refractivity contribution >= 4 is 10.9 Å². The Hall–Kier alpha value is -1.41. The summed E-state index contributed by atoms with van der Waals surface area (Å²) < 4.78 is 0. The first-order chi connectivity index (χ1) is 8.28. The van der Waals surface area contributed by atoms with Crippen LogP contribution in [0.2, 0.25) is 0 Å². The number of pyridine rings is 1. The van der Waals surface area contributed by atoms with Crippen LogP contribution in [-0.4, -0.2) is 10.5 Å². The van der Waals surface area contributed by atoms with Crippen molar-refractivity contribution in [2.75, 3.05) is 0 Å². The van der Waals surface area contributed by atoms with Gasteiger partial charge in [0, 0.05) is 23.0 Å². The van der Waals surface area contributed by atoms with Gasteiger partial charge in [0.2, 0.25) is 0 Å². The van der Waals surface area contributed by atoms with E-state index in [9.17, 15) is 0 Å². The molecule has 2 heteroatoms. The summed E-state index contributed by atoms with van der Waals surface area (Å²) in [5, 5.41) is 1.29. The molecule has 0 aliphatic carbocycles. The van der Waals surface area contributed by atoms with Gasteiger partial charge < -0.3 is 5.73 Å². The highest BCUT2D eigenvalue weighted by Crippen LogP contribution is 2.25. The van der Waals surface area contributed by atoms with Gasteiger partial charge in [0.1, 0.15) is 0 Å². The molecule has 2 rings (SSSR count). The van der Waals surface area contributed by atoms with Crippen LogP contribution in [0.15, 0.2) is 18.2 Å². The molecule has 0 saturated heterocycles. The molecule has 1 aromatic carbocycles. The normalized spacial score (nSPS) is 12.1. The van der Waals surface area contributed by atoms with E-state index in [1.54, 1.807) is 0 Å². The number of fused-ring (bicyclic) bond motifs is 1. The predicted molar refractivity (Wildman–Crippen MR) is 77.9 cm³/mol. The Labute approximate surface area is 109 Å². The zero-order valence-corrected chi connectivity index (χ0v) is 12.0. The zero-order chi connectivity index (χ0) is 13.5. The zero-order valence-electron chi connectivity index (χ0n) is 12.0. The number of hydrogen-bond donors (Lipinski definition) is 1. The fourth-order valence-corrected chi connectivity index (χ4v) is 2.49. The van der Waals surface area contributed by atoms with E-state index in [1.165, 1.54) is 22.1 Å². The number of benzene rings is 1. The number of aromatic nitrogens is 1. The summed E-state index contributed by atoms with van der Waals surface area (Å²) in [5.74, 6) is 0. The van der Waals surface area contributed by atoms with Crippen LogP contribution in [0.4, 0.5) is 0 Å². The van der Waals surface area contributed by atoms with Crippen LogP contribution in [0.5, 0.6) is 0 Å². The van der Waals surface area contributed by atoms with Crippen LogP contribution in [0.25, 0.3) is 10.9 Å². The lowest BCUT2D eigenvalue weighted by Gasteiger charge is -2.19. The monoisotopic (exact) mass is 242 g/mol. The highest BCUT2D eigenvalue weighted by Gasteiger charge is 2.15. The average Bonchev–Trinajstić information content (AvgIpc) is 2.20. The van der Waals surface area contributed by atoms with Crippen molar-refractivity contribution < 1.29 is 0 Å². The van der Waals surface area contributed by atoms with Gasteiger partial charge >= 0.3 is 0 Å². The van der Waals surface area contributed by atoms with Crippen LogP contribution in [0.3, 0.4) is 0 Å². The maximum absolute atomic E-state index is 6.09. The Kier molecular flexibility index (Phi) is 3.16. The van der Waals surface area contributed by atoms with E-state index in [-0.39, 0.29) is 5.54 Å². The second-order valence-electron chi connectivity index (χ2n) is 6.02. The van der Waals surface area contributed by atoms with Crippen molar-refractivity contribution in [1.29, 1.82) is 0 Å². The number of nitrogens with zero attached hydrogens (tertiary/aromatic N) is 1. The van der Waals surface area contributed by atoms with Crippen molar-refractivity contribution in [3.63, 3.8) is 0 Å². The fraction of sp³-hybridized carbons (Fsp3) is 0.438. The van der Waals surface area contributed by atoms with Crippen LogP contribution < -0.4 is 5.73 Å². The van der Waals surface area contributed by atoms with Crippen molar-refractivity contribution in [1.82, 2.24) is 4.98 Å². The number of hydrogen-bond acceptors (Lipinski definition) is 2. The second kappa shape index (κ2) is 4.36. The highest BCUT2D eigenvalue weighted by molar-refractivity contribution is 5.88. The lowest BCUT2D eigenvalue weighted by molar-refractivity contribution is 0.511. The van der Waals surface area contributed by atoms with E-state index in [2.05, 4.69) is 39.0 Å². The standard InChI is InChI=1S/C16H22N2/c1-10-6-7-11(2)15-14(10)12(3)8-13(18-15)9-16(4,5)17/h6-8H,9,17H2,1-5H3. The molecule has 0 saturated carbocycles. The molecule has 0 aliphatic rings. The summed E-state index contributed by atoms with van der Waals surface area (Å²) in [6, 6.07) is 6.48. The molecule has 1 heterocycles. The van der Waals surface area contributed by atoms with Crippen LogP contribution in [-0.2, 0) is 6.42 Å². The molecule has 0 bridgehead atoms. The lowest BCUT2D eigenvalue weighted by Crippen LogP contribution is -2.34. The van der Waals surface area contributed by atoms with Gasteiger partial charge in [-0.15, -0.1) is 0 Å². The molecule has 18 heavy (non-hydrogen) atoms. The van der Waals surface area contributed by atoms with Gasteiger partial charge in [-0.1, -0.05) is 12.1 Å². The van der Waals surface area contributed by atoms with Crippen LogP contribution >= 0.6 is 0 Å². The third kappa shape index (κ3) is 2.54. The highest BCUT2D eigenvalue weighted by atomic mass is 14.8. The summed E-state index contributed by atoms with van der Waals surface area (Å²) in [6.07, 6.45) is 0.803. The summed E-state index contributed by atoms with van der Waals surface area (Å²) in [6.45, 7) is 10.5. The quantitative estimate of drug-likeness (QED) is 0.876. The number of rotatable bonds is 2. The minimum atomic E-state index is -0.217. The van der Waals surface area contributed by atoms with Gasteiger partial charge in [-0.25, -0.2) is 0 Å². The Balaban J connectivity index is 2.65.